The largest absolute Gasteiger partial charge is 0.497 e. The van der Waals surface area contributed by atoms with E-state index in [2.05, 4.69) is 10.6 Å². The van der Waals surface area contributed by atoms with Gasteiger partial charge in [0.2, 0.25) is 5.91 Å². The zero-order chi connectivity index (χ0) is 17.9. The van der Waals surface area contributed by atoms with Gasteiger partial charge in [-0.1, -0.05) is 30.3 Å². The van der Waals surface area contributed by atoms with Gasteiger partial charge in [0.25, 0.3) is 0 Å². The monoisotopic (exact) mass is 342 g/mol. The van der Waals surface area contributed by atoms with Gasteiger partial charge in [-0.2, -0.15) is 0 Å². The standard InChI is InChI=1S/C20H26N2O3/c1-24-18-9-7-16(8-10-18)15-21-13-12-20(23)22-14-11-17-5-3-4-6-19(17)25-2/h3-10,21H,11-15H2,1-2H3,(H,22,23). The van der Waals surface area contributed by atoms with Crippen LogP contribution in [-0.4, -0.2) is 33.2 Å². The van der Waals surface area contributed by atoms with Crippen LogP contribution in [0.3, 0.4) is 0 Å². The van der Waals surface area contributed by atoms with Crippen LogP contribution in [0.25, 0.3) is 0 Å². The van der Waals surface area contributed by atoms with E-state index in [0.717, 1.165) is 35.6 Å². The molecule has 2 rings (SSSR count). The highest BCUT2D eigenvalue weighted by atomic mass is 16.5. The molecule has 0 unspecified atom stereocenters. The highest BCUT2D eigenvalue weighted by Crippen LogP contribution is 2.17. The fourth-order valence-electron chi connectivity index (χ4n) is 2.51. The van der Waals surface area contributed by atoms with E-state index < -0.39 is 0 Å². The fraction of sp³-hybridized carbons (Fsp3) is 0.350. The SMILES string of the molecule is COc1ccc(CNCCC(=O)NCCc2ccccc2OC)cc1. The second-order valence-electron chi connectivity index (χ2n) is 5.69. The molecule has 25 heavy (non-hydrogen) atoms. The number of carbonyl (C=O) groups excluding carboxylic acids is 1. The summed E-state index contributed by atoms with van der Waals surface area (Å²) < 4.78 is 10.4. The van der Waals surface area contributed by atoms with Gasteiger partial charge in [-0.05, 0) is 35.7 Å². The van der Waals surface area contributed by atoms with Gasteiger partial charge >= 0.3 is 0 Å². The van der Waals surface area contributed by atoms with Crippen LogP contribution in [0.2, 0.25) is 0 Å². The number of ether oxygens (including phenoxy) is 2. The Hall–Kier alpha value is -2.53. The topological polar surface area (TPSA) is 59.6 Å². The lowest BCUT2D eigenvalue weighted by Crippen LogP contribution is -2.29. The normalized spacial score (nSPS) is 10.3. The van der Waals surface area contributed by atoms with E-state index in [1.54, 1.807) is 14.2 Å². The van der Waals surface area contributed by atoms with E-state index in [1.165, 1.54) is 0 Å². The molecule has 1 amide bonds. The Morgan fingerprint density at radius 3 is 2.44 bits per heavy atom. The van der Waals surface area contributed by atoms with Crippen LogP contribution in [0.15, 0.2) is 48.5 Å². The van der Waals surface area contributed by atoms with Crippen molar-refractivity contribution < 1.29 is 14.3 Å². The molecule has 0 fully saturated rings. The smallest absolute Gasteiger partial charge is 0.221 e. The molecule has 0 spiro atoms. The highest BCUT2D eigenvalue weighted by molar-refractivity contribution is 5.76. The summed E-state index contributed by atoms with van der Waals surface area (Å²) in [5.41, 5.74) is 2.26. The van der Waals surface area contributed by atoms with Gasteiger partial charge in [-0.25, -0.2) is 0 Å². The van der Waals surface area contributed by atoms with Crippen LogP contribution >= 0.6 is 0 Å². The summed E-state index contributed by atoms with van der Waals surface area (Å²) in [6.45, 7) is 1.99. The van der Waals surface area contributed by atoms with Gasteiger partial charge in [-0.15, -0.1) is 0 Å². The molecule has 2 N–H and O–H groups in total. The molecule has 0 aliphatic carbocycles. The highest BCUT2D eigenvalue weighted by Gasteiger charge is 2.04. The van der Waals surface area contributed by atoms with Crippen molar-refractivity contribution in [2.24, 2.45) is 0 Å². The predicted molar refractivity (Wildman–Crippen MR) is 99.0 cm³/mol. The Morgan fingerprint density at radius 2 is 1.72 bits per heavy atom. The van der Waals surface area contributed by atoms with E-state index >= 15 is 0 Å². The first-order valence-electron chi connectivity index (χ1n) is 8.45. The molecule has 0 aliphatic rings. The molecular formula is C20H26N2O3. The lowest BCUT2D eigenvalue weighted by atomic mass is 10.1. The minimum Gasteiger partial charge on any atom is -0.497 e. The molecule has 0 saturated carbocycles. The number of amides is 1. The average molecular weight is 342 g/mol. The van der Waals surface area contributed by atoms with E-state index in [1.807, 2.05) is 48.5 Å². The van der Waals surface area contributed by atoms with Gasteiger partial charge in [0.1, 0.15) is 11.5 Å². The van der Waals surface area contributed by atoms with Gasteiger partial charge in [0, 0.05) is 26.1 Å². The number of nitrogens with one attached hydrogen (secondary N) is 2. The molecule has 0 aliphatic heterocycles. The van der Waals surface area contributed by atoms with Gasteiger partial charge in [-0.3, -0.25) is 4.79 Å². The Morgan fingerprint density at radius 1 is 0.960 bits per heavy atom. The molecule has 2 aromatic rings. The number of para-hydroxylation sites is 1. The van der Waals surface area contributed by atoms with Crippen LogP contribution in [-0.2, 0) is 17.8 Å². The van der Waals surface area contributed by atoms with Crippen molar-refractivity contribution in [3.05, 3.63) is 59.7 Å². The van der Waals surface area contributed by atoms with Crippen LogP contribution in [0.4, 0.5) is 0 Å². The molecule has 0 atom stereocenters. The van der Waals surface area contributed by atoms with Gasteiger partial charge < -0.3 is 20.1 Å². The lowest BCUT2D eigenvalue weighted by molar-refractivity contribution is -0.120. The number of rotatable bonds is 10. The van der Waals surface area contributed by atoms with E-state index in [9.17, 15) is 4.79 Å². The van der Waals surface area contributed by atoms with Crippen LogP contribution in [0.1, 0.15) is 17.5 Å². The van der Waals surface area contributed by atoms with Crippen molar-refractivity contribution in [1.29, 1.82) is 0 Å². The third kappa shape index (κ3) is 6.47. The van der Waals surface area contributed by atoms with Crippen molar-refractivity contribution >= 4 is 5.91 Å². The summed E-state index contributed by atoms with van der Waals surface area (Å²) in [5, 5.41) is 6.22. The molecule has 134 valence electrons. The average Bonchev–Trinajstić information content (AvgIpc) is 2.66. The summed E-state index contributed by atoms with van der Waals surface area (Å²) >= 11 is 0. The molecule has 0 heterocycles. The number of methoxy groups -OCH3 is 2. The zero-order valence-electron chi connectivity index (χ0n) is 14.9. The second-order valence-corrected chi connectivity index (χ2v) is 5.69. The summed E-state index contributed by atoms with van der Waals surface area (Å²) in [4.78, 5) is 11.9. The molecule has 5 nitrogen and oxygen atoms in total. The fourth-order valence-corrected chi connectivity index (χ4v) is 2.51. The summed E-state index contributed by atoms with van der Waals surface area (Å²) in [6, 6.07) is 15.8. The second kappa shape index (κ2) is 10.4. The molecule has 0 saturated heterocycles. The lowest BCUT2D eigenvalue weighted by Gasteiger charge is -2.09. The summed E-state index contributed by atoms with van der Waals surface area (Å²) in [6.07, 6.45) is 1.22. The van der Waals surface area contributed by atoms with E-state index in [0.29, 0.717) is 19.5 Å². The van der Waals surface area contributed by atoms with Crippen molar-refractivity contribution in [2.45, 2.75) is 19.4 Å². The summed E-state index contributed by atoms with van der Waals surface area (Å²) in [5.74, 6) is 1.76. The Kier molecular flexibility index (Phi) is 7.79. The maximum absolute atomic E-state index is 11.9. The van der Waals surface area contributed by atoms with Crippen molar-refractivity contribution in [3.8, 4) is 11.5 Å². The molecule has 0 aromatic heterocycles. The van der Waals surface area contributed by atoms with Crippen molar-refractivity contribution in [2.75, 3.05) is 27.3 Å². The van der Waals surface area contributed by atoms with Crippen molar-refractivity contribution in [1.82, 2.24) is 10.6 Å². The van der Waals surface area contributed by atoms with Gasteiger partial charge in [0.05, 0.1) is 14.2 Å². The van der Waals surface area contributed by atoms with E-state index in [4.69, 9.17) is 9.47 Å². The molecular weight excluding hydrogens is 316 g/mol. The maximum Gasteiger partial charge on any atom is 0.221 e. The first kappa shape index (κ1) is 18.8. The van der Waals surface area contributed by atoms with Crippen LogP contribution in [0.5, 0.6) is 11.5 Å². The first-order chi connectivity index (χ1) is 12.2. The molecule has 0 bridgehead atoms. The van der Waals surface area contributed by atoms with Gasteiger partial charge in [0.15, 0.2) is 0 Å². The number of carbonyl (C=O) groups is 1. The first-order valence-corrected chi connectivity index (χ1v) is 8.45. The minimum absolute atomic E-state index is 0.0529. The van der Waals surface area contributed by atoms with Crippen LogP contribution in [0, 0.1) is 0 Å². The Bertz CT molecular complexity index is 656. The Balaban J connectivity index is 1.60. The quantitative estimate of drug-likeness (QED) is 0.652. The Labute approximate surface area is 149 Å². The van der Waals surface area contributed by atoms with Crippen LogP contribution < -0.4 is 20.1 Å². The summed E-state index contributed by atoms with van der Waals surface area (Å²) in [7, 11) is 3.31. The maximum atomic E-state index is 11.9. The van der Waals surface area contributed by atoms with Crippen molar-refractivity contribution in [3.63, 3.8) is 0 Å². The zero-order valence-corrected chi connectivity index (χ0v) is 14.9. The number of hydrogen-bond acceptors (Lipinski definition) is 4. The third-order valence-corrected chi connectivity index (χ3v) is 3.93. The molecule has 2 aromatic carbocycles. The number of benzene rings is 2. The predicted octanol–water partition coefficient (Wildman–Crippen LogP) is 2.54. The molecule has 5 heteroatoms. The number of hydrogen-bond donors (Lipinski definition) is 2. The third-order valence-electron chi connectivity index (χ3n) is 3.93. The molecule has 0 radical (unpaired) electrons. The minimum atomic E-state index is 0.0529. The van der Waals surface area contributed by atoms with E-state index in [-0.39, 0.29) is 5.91 Å².